The quantitative estimate of drug-likeness (QED) is 0.923. The summed E-state index contributed by atoms with van der Waals surface area (Å²) in [6.45, 7) is 7.13. The van der Waals surface area contributed by atoms with Gasteiger partial charge in [-0.2, -0.15) is 0 Å². The maximum Gasteiger partial charge on any atom is 0.252 e. The molecule has 0 spiro atoms. The van der Waals surface area contributed by atoms with Crippen LogP contribution in [-0.2, 0) is 11.3 Å². The number of carbonyl (C=O) groups excluding carboxylic acids is 1. The van der Waals surface area contributed by atoms with E-state index < -0.39 is 0 Å². The summed E-state index contributed by atoms with van der Waals surface area (Å²) >= 11 is 0. The lowest BCUT2D eigenvalue weighted by Crippen LogP contribution is -2.35. The number of nitrogens with zero attached hydrogens (tertiary/aromatic N) is 2. The summed E-state index contributed by atoms with van der Waals surface area (Å²) in [7, 11) is 0. The number of pyridine rings is 1. The molecule has 3 atom stereocenters. The van der Waals surface area contributed by atoms with Gasteiger partial charge in [-0.1, -0.05) is 30.3 Å². The molecular weight excluding hydrogens is 326 g/mol. The van der Waals surface area contributed by atoms with Gasteiger partial charge in [0.25, 0.3) is 5.56 Å². The predicted molar refractivity (Wildman–Crippen MR) is 101 cm³/mol. The number of carbonyl (C=O) groups is 1. The van der Waals surface area contributed by atoms with Crippen molar-refractivity contribution >= 4 is 5.91 Å². The third kappa shape index (κ3) is 2.97. The van der Waals surface area contributed by atoms with E-state index in [4.69, 9.17) is 0 Å². The number of nitrogens with one attached hydrogen (secondary N) is 1. The zero-order valence-electron chi connectivity index (χ0n) is 15.3. The Labute approximate surface area is 153 Å². The molecule has 3 heterocycles. The van der Waals surface area contributed by atoms with E-state index in [9.17, 15) is 9.59 Å². The molecular formula is C21H25N3O2. The minimum Gasteiger partial charge on any atom is -0.335 e. The maximum absolute atomic E-state index is 12.3. The molecule has 1 aromatic carbocycles. The van der Waals surface area contributed by atoms with Crippen LogP contribution in [0.15, 0.2) is 47.4 Å². The van der Waals surface area contributed by atoms with E-state index >= 15 is 0 Å². The molecule has 1 aromatic heterocycles. The number of aromatic nitrogens is 1. The normalized spacial score (nSPS) is 25.5. The van der Waals surface area contributed by atoms with E-state index in [0.29, 0.717) is 18.4 Å². The minimum atomic E-state index is -0.00891. The molecule has 2 saturated heterocycles. The monoisotopic (exact) mass is 351 g/mol. The summed E-state index contributed by atoms with van der Waals surface area (Å²) < 4.78 is 0. The van der Waals surface area contributed by atoms with Crippen LogP contribution < -0.4 is 5.56 Å². The van der Waals surface area contributed by atoms with Crippen molar-refractivity contribution in [1.29, 1.82) is 0 Å². The number of aromatic amines is 1. The van der Waals surface area contributed by atoms with E-state index in [-0.39, 0.29) is 17.5 Å². The number of rotatable bonds is 3. The fraction of sp³-hybridized carbons (Fsp3) is 0.429. The van der Waals surface area contributed by atoms with Gasteiger partial charge in [0.05, 0.1) is 6.04 Å². The molecule has 26 heavy (non-hydrogen) atoms. The second kappa shape index (κ2) is 6.72. The molecule has 1 amide bonds. The summed E-state index contributed by atoms with van der Waals surface area (Å²) in [5, 5.41) is 0. The molecule has 0 aliphatic carbocycles. The van der Waals surface area contributed by atoms with Crippen LogP contribution in [-0.4, -0.2) is 40.3 Å². The van der Waals surface area contributed by atoms with Crippen molar-refractivity contribution in [3.63, 3.8) is 0 Å². The summed E-state index contributed by atoms with van der Waals surface area (Å²) in [5.74, 6) is 1.04. The van der Waals surface area contributed by atoms with Gasteiger partial charge < -0.3 is 9.88 Å². The molecule has 2 aliphatic heterocycles. The van der Waals surface area contributed by atoms with Crippen LogP contribution >= 0.6 is 0 Å². The van der Waals surface area contributed by atoms with Gasteiger partial charge >= 0.3 is 0 Å². The molecule has 0 saturated carbocycles. The van der Waals surface area contributed by atoms with Crippen molar-refractivity contribution in [2.24, 2.45) is 11.8 Å². The Hall–Kier alpha value is -2.40. The number of benzene rings is 1. The largest absolute Gasteiger partial charge is 0.335 e. The summed E-state index contributed by atoms with van der Waals surface area (Å²) in [6, 6.07) is 12.3. The number of amides is 1. The van der Waals surface area contributed by atoms with Gasteiger partial charge in [-0.25, -0.2) is 0 Å². The number of H-pyrrole nitrogens is 1. The number of hydrogen-bond acceptors (Lipinski definition) is 3. The lowest BCUT2D eigenvalue weighted by molar-refractivity contribution is -0.130. The number of aryl methyl sites for hydroxylation is 1. The van der Waals surface area contributed by atoms with E-state index in [1.54, 1.807) is 13.1 Å². The fourth-order valence-corrected chi connectivity index (χ4v) is 4.73. The van der Waals surface area contributed by atoms with Crippen LogP contribution in [0.5, 0.6) is 0 Å². The molecule has 1 N–H and O–H groups in total. The molecule has 136 valence electrons. The molecule has 5 heteroatoms. The molecule has 2 aliphatic rings. The average Bonchev–Trinajstić information content (AvgIpc) is 3.15. The molecule has 0 bridgehead atoms. The smallest absolute Gasteiger partial charge is 0.252 e. The second-order valence-corrected chi connectivity index (χ2v) is 7.62. The Morgan fingerprint density at radius 3 is 2.69 bits per heavy atom. The van der Waals surface area contributed by atoms with Gasteiger partial charge in [-0.05, 0) is 30.0 Å². The van der Waals surface area contributed by atoms with E-state index in [1.807, 2.05) is 23.1 Å². The van der Waals surface area contributed by atoms with Crippen LogP contribution in [0.25, 0.3) is 0 Å². The van der Waals surface area contributed by atoms with Gasteiger partial charge in [0, 0.05) is 50.8 Å². The van der Waals surface area contributed by atoms with E-state index in [2.05, 4.69) is 35.0 Å². The first-order valence-electron chi connectivity index (χ1n) is 9.26. The first-order chi connectivity index (χ1) is 12.5. The number of likely N-dealkylation sites (tertiary alicyclic amines) is 2. The van der Waals surface area contributed by atoms with Gasteiger partial charge in [-0.3, -0.25) is 14.5 Å². The Morgan fingerprint density at radius 2 is 1.96 bits per heavy atom. The van der Waals surface area contributed by atoms with Gasteiger partial charge in [0.1, 0.15) is 0 Å². The second-order valence-electron chi connectivity index (χ2n) is 7.62. The Kier molecular flexibility index (Phi) is 4.41. The molecule has 5 nitrogen and oxygen atoms in total. The SMILES string of the molecule is CC(=O)N1C[C@H]2CN(Cc3ccc[nH]c3=O)C[C@H]2[C@H]1c1ccccc1C. The highest BCUT2D eigenvalue weighted by Crippen LogP contribution is 2.45. The summed E-state index contributed by atoms with van der Waals surface area (Å²) in [5.41, 5.74) is 3.30. The standard InChI is InChI=1S/C21H25N3O2/c1-14-6-3-4-8-18(14)20-19-13-23(10-16-7-5-9-22-21(16)26)11-17(19)12-24(20)15(2)25/h3-9,17,19-20H,10-13H2,1-2H3,(H,22,26)/t17-,19-,20-/m1/s1. The molecule has 2 aromatic rings. The van der Waals surface area contributed by atoms with Gasteiger partial charge in [0.15, 0.2) is 0 Å². The third-order valence-corrected chi connectivity index (χ3v) is 5.94. The zero-order valence-corrected chi connectivity index (χ0v) is 15.3. The summed E-state index contributed by atoms with van der Waals surface area (Å²) in [4.78, 5) is 31.4. The Balaban J connectivity index is 1.59. The van der Waals surface area contributed by atoms with E-state index in [1.165, 1.54) is 11.1 Å². The average molecular weight is 351 g/mol. The zero-order chi connectivity index (χ0) is 18.3. The first kappa shape index (κ1) is 17.0. The maximum atomic E-state index is 12.3. The van der Waals surface area contributed by atoms with Crippen LogP contribution in [0, 0.1) is 18.8 Å². The minimum absolute atomic E-state index is 0.00891. The van der Waals surface area contributed by atoms with Crippen LogP contribution in [0.4, 0.5) is 0 Å². The fourth-order valence-electron chi connectivity index (χ4n) is 4.73. The molecule has 0 radical (unpaired) electrons. The topological polar surface area (TPSA) is 56.4 Å². The van der Waals surface area contributed by atoms with Crippen molar-refractivity contribution in [3.8, 4) is 0 Å². The van der Waals surface area contributed by atoms with Gasteiger partial charge in [0.2, 0.25) is 5.91 Å². The highest BCUT2D eigenvalue weighted by Gasteiger charge is 2.48. The van der Waals surface area contributed by atoms with E-state index in [0.717, 1.165) is 25.2 Å². The number of fused-ring (bicyclic) bond motifs is 1. The first-order valence-corrected chi connectivity index (χ1v) is 9.26. The third-order valence-electron chi connectivity index (χ3n) is 5.94. The van der Waals surface area contributed by atoms with Crippen molar-refractivity contribution in [1.82, 2.24) is 14.8 Å². The molecule has 0 unspecified atom stereocenters. The Morgan fingerprint density at radius 1 is 1.15 bits per heavy atom. The number of hydrogen-bond donors (Lipinski definition) is 1. The highest BCUT2D eigenvalue weighted by molar-refractivity contribution is 5.74. The van der Waals surface area contributed by atoms with Crippen LogP contribution in [0.1, 0.15) is 29.7 Å². The molecule has 4 rings (SSSR count). The summed E-state index contributed by atoms with van der Waals surface area (Å²) in [6.07, 6.45) is 1.67. The van der Waals surface area contributed by atoms with Crippen LogP contribution in [0.2, 0.25) is 0 Å². The van der Waals surface area contributed by atoms with Crippen molar-refractivity contribution in [2.75, 3.05) is 19.6 Å². The van der Waals surface area contributed by atoms with Crippen molar-refractivity contribution in [3.05, 3.63) is 69.6 Å². The molecule has 2 fully saturated rings. The van der Waals surface area contributed by atoms with Crippen LogP contribution in [0.3, 0.4) is 0 Å². The van der Waals surface area contributed by atoms with Crippen molar-refractivity contribution < 1.29 is 4.79 Å². The van der Waals surface area contributed by atoms with Crippen molar-refractivity contribution in [2.45, 2.75) is 26.4 Å². The lowest BCUT2D eigenvalue weighted by Gasteiger charge is -2.30. The lowest BCUT2D eigenvalue weighted by atomic mass is 9.87. The predicted octanol–water partition coefficient (Wildman–Crippen LogP) is 2.33. The van der Waals surface area contributed by atoms with Gasteiger partial charge in [-0.15, -0.1) is 0 Å². The Bertz CT molecular complexity index is 875. The highest BCUT2D eigenvalue weighted by atomic mass is 16.2.